The summed E-state index contributed by atoms with van der Waals surface area (Å²) in [6, 6.07) is 0. The summed E-state index contributed by atoms with van der Waals surface area (Å²) in [6.45, 7) is -0.113. The number of alkyl halides is 3. The molecule has 0 aliphatic heterocycles. The third kappa shape index (κ3) is 2.47. The number of aliphatic hydroxyl groups is 1. The van der Waals surface area contributed by atoms with Crippen LogP contribution < -0.4 is 0 Å². The van der Waals surface area contributed by atoms with Gasteiger partial charge in [-0.1, -0.05) is 19.3 Å². The number of aromatic nitrogens is 1. The van der Waals surface area contributed by atoms with Crippen molar-refractivity contribution in [3.8, 4) is 0 Å². The molecule has 0 unspecified atom stereocenters. The maximum Gasteiger partial charge on any atom is 0.434 e. The van der Waals surface area contributed by atoms with E-state index in [0.717, 1.165) is 48.8 Å². The predicted octanol–water partition coefficient (Wildman–Crippen LogP) is 3.36. The van der Waals surface area contributed by atoms with Crippen molar-refractivity contribution in [3.05, 3.63) is 16.1 Å². The lowest BCUT2D eigenvalue weighted by Gasteiger charge is -2.33. The maximum atomic E-state index is 12.5. The molecule has 0 amide bonds. The van der Waals surface area contributed by atoms with E-state index in [2.05, 4.69) is 4.98 Å². The van der Waals surface area contributed by atoms with Gasteiger partial charge in [0, 0.05) is 10.8 Å². The van der Waals surface area contributed by atoms with Crippen LogP contribution in [-0.2, 0) is 11.6 Å². The topological polar surface area (TPSA) is 33.1 Å². The van der Waals surface area contributed by atoms with E-state index in [1.54, 1.807) is 0 Å². The molecule has 1 aromatic rings. The fourth-order valence-corrected chi connectivity index (χ4v) is 3.40. The van der Waals surface area contributed by atoms with Gasteiger partial charge in [0.15, 0.2) is 5.69 Å². The van der Waals surface area contributed by atoms with Crippen molar-refractivity contribution in [3.63, 3.8) is 0 Å². The Morgan fingerprint density at radius 2 is 1.94 bits per heavy atom. The molecule has 0 saturated heterocycles. The smallest absolute Gasteiger partial charge is 0.395 e. The quantitative estimate of drug-likeness (QED) is 0.889. The van der Waals surface area contributed by atoms with Crippen molar-refractivity contribution in [2.75, 3.05) is 6.61 Å². The van der Waals surface area contributed by atoms with Gasteiger partial charge in [-0.05, 0) is 12.8 Å². The molecular formula is C11H14F3NOS. The number of hydrogen-bond donors (Lipinski definition) is 1. The van der Waals surface area contributed by atoms with Crippen molar-refractivity contribution in [1.29, 1.82) is 0 Å². The van der Waals surface area contributed by atoms with Crippen LogP contribution in [0.2, 0.25) is 0 Å². The third-order valence-corrected chi connectivity index (χ3v) is 4.45. The van der Waals surface area contributed by atoms with Crippen LogP contribution in [0.25, 0.3) is 0 Å². The van der Waals surface area contributed by atoms with E-state index in [1.165, 1.54) is 0 Å². The molecule has 96 valence electrons. The van der Waals surface area contributed by atoms with E-state index >= 15 is 0 Å². The highest BCUT2D eigenvalue weighted by Crippen LogP contribution is 2.42. The minimum absolute atomic E-state index is 0.113. The molecule has 1 aliphatic carbocycles. The zero-order valence-corrected chi connectivity index (χ0v) is 10.1. The first kappa shape index (κ1) is 12.8. The number of thiazole rings is 1. The summed E-state index contributed by atoms with van der Waals surface area (Å²) in [5, 5.41) is 11.0. The van der Waals surface area contributed by atoms with Gasteiger partial charge in [-0.3, -0.25) is 0 Å². The van der Waals surface area contributed by atoms with Gasteiger partial charge < -0.3 is 5.11 Å². The van der Waals surface area contributed by atoms with Crippen LogP contribution in [0.5, 0.6) is 0 Å². The van der Waals surface area contributed by atoms with Gasteiger partial charge in [-0.25, -0.2) is 4.98 Å². The summed E-state index contributed by atoms with van der Waals surface area (Å²) < 4.78 is 37.4. The fraction of sp³-hybridized carbons (Fsp3) is 0.727. The summed E-state index contributed by atoms with van der Waals surface area (Å²) in [7, 11) is 0. The molecule has 0 radical (unpaired) electrons. The average molecular weight is 265 g/mol. The molecule has 6 heteroatoms. The van der Waals surface area contributed by atoms with Gasteiger partial charge in [-0.2, -0.15) is 13.2 Å². The van der Waals surface area contributed by atoms with Crippen molar-refractivity contribution < 1.29 is 18.3 Å². The van der Waals surface area contributed by atoms with Crippen LogP contribution in [0.4, 0.5) is 13.2 Å². The summed E-state index contributed by atoms with van der Waals surface area (Å²) >= 11 is 1.02. The molecule has 0 atom stereocenters. The van der Waals surface area contributed by atoms with Crippen LogP contribution in [0, 0.1) is 0 Å². The van der Waals surface area contributed by atoms with Crippen LogP contribution in [0.1, 0.15) is 42.8 Å². The molecule has 17 heavy (non-hydrogen) atoms. The van der Waals surface area contributed by atoms with Gasteiger partial charge >= 0.3 is 6.18 Å². The third-order valence-electron chi connectivity index (χ3n) is 3.36. The molecule has 1 aromatic heterocycles. The van der Waals surface area contributed by atoms with Gasteiger partial charge in [0.25, 0.3) is 0 Å². The van der Waals surface area contributed by atoms with Crippen LogP contribution >= 0.6 is 11.3 Å². The van der Waals surface area contributed by atoms with E-state index in [1.807, 2.05) is 0 Å². The number of nitrogens with zero attached hydrogens (tertiary/aromatic N) is 1. The van der Waals surface area contributed by atoms with Gasteiger partial charge in [0.05, 0.1) is 6.61 Å². The molecule has 2 nitrogen and oxygen atoms in total. The first-order chi connectivity index (χ1) is 7.98. The largest absolute Gasteiger partial charge is 0.434 e. The molecule has 1 N–H and O–H groups in total. The van der Waals surface area contributed by atoms with Crippen molar-refractivity contribution in [2.24, 2.45) is 0 Å². The van der Waals surface area contributed by atoms with Crippen molar-refractivity contribution >= 4 is 11.3 Å². The summed E-state index contributed by atoms with van der Waals surface area (Å²) in [6.07, 6.45) is 0.0465. The fourth-order valence-electron chi connectivity index (χ4n) is 2.32. The number of rotatable bonds is 2. The van der Waals surface area contributed by atoms with Crippen LogP contribution in [0.15, 0.2) is 5.38 Å². The Morgan fingerprint density at radius 3 is 2.41 bits per heavy atom. The Balaban J connectivity index is 2.28. The Hall–Kier alpha value is -0.620. The highest BCUT2D eigenvalue weighted by Gasteiger charge is 2.40. The van der Waals surface area contributed by atoms with Crippen molar-refractivity contribution in [2.45, 2.75) is 43.7 Å². The molecule has 0 bridgehead atoms. The molecule has 1 aliphatic rings. The summed E-state index contributed by atoms with van der Waals surface area (Å²) in [5.74, 6) is 0. The first-order valence-electron chi connectivity index (χ1n) is 5.62. The zero-order chi connectivity index (χ0) is 12.5. The number of halogens is 3. The minimum Gasteiger partial charge on any atom is -0.395 e. The van der Waals surface area contributed by atoms with Crippen LogP contribution in [-0.4, -0.2) is 16.7 Å². The highest BCUT2D eigenvalue weighted by molar-refractivity contribution is 7.09. The monoisotopic (exact) mass is 265 g/mol. The molecule has 0 aromatic carbocycles. The van der Waals surface area contributed by atoms with E-state index in [9.17, 15) is 18.3 Å². The lowest BCUT2D eigenvalue weighted by Crippen LogP contribution is -2.33. The SMILES string of the molecule is OCC1(c2nc(C(F)(F)F)cs2)CCCCC1. The Kier molecular flexibility index (Phi) is 3.45. The second kappa shape index (κ2) is 4.57. The Morgan fingerprint density at radius 1 is 1.29 bits per heavy atom. The molecule has 0 spiro atoms. The second-order valence-corrected chi connectivity index (χ2v) is 5.39. The van der Waals surface area contributed by atoms with E-state index in [4.69, 9.17) is 0 Å². The molecule has 1 heterocycles. The van der Waals surface area contributed by atoms with E-state index < -0.39 is 17.3 Å². The minimum atomic E-state index is -4.39. The molecular weight excluding hydrogens is 251 g/mol. The molecule has 1 saturated carbocycles. The second-order valence-electron chi connectivity index (χ2n) is 4.53. The Bertz CT molecular complexity index is 382. The average Bonchev–Trinajstić information content (AvgIpc) is 2.79. The lowest BCUT2D eigenvalue weighted by atomic mass is 9.75. The first-order valence-corrected chi connectivity index (χ1v) is 6.50. The van der Waals surface area contributed by atoms with Gasteiger partial charge in [0.2, 0.25) is 0 Å². The maximum absolute atomic E-state index is 12.5. The van der Waals surface area contributed by atoms with E-state index in [-0.39, 0.29) is 6.61 Å². The van der Waals surface area contributed by atoms with Crippen LogP contribution in [0.3, 0.4) is 0 Å². The zero-order valence-electron chi connectivity index (χ0n) is 9.26. The summed E-state index contributed by atoms with van der Waals surface area (Å²) in [5.41, 5.74) is -1.37. The standard InChI is InChI=1S/C11H14F3NOS/c12-11(13,14)8-6-17-9(15-8)10(7-16)4-2-1-3-5-10/h6,16H,1-5,7H2. The lowest BCUT2D eigenvalue weighted by molar-refractivity contribution is -0.140. The van der Waals surface area contributed by atoms with E-state index in [0.29, 0.717) is 5.01 Å². The predicted molar refractivity (Wildman–Crippen MR) is 59.0 cm³/mol. The number of hydrogen-bond acceptors (Lipinski definition) is 3. The number of aliphatic hydroxyl groups excluding tert-OH is 1. The normalized spacial score (nSPS) is 20.5. The highest BCUT2D eigenvalue weighted by atomic mass is 32.1. The van der Waals surface area contributed by atoms with Crippen molar-refractivity contribution in [1.82, 2.24) is 4.98 Å². The molecule has 1 fully saturated rings. The molecule has 2 rings (SSSR count). The summed E-state index contributed by atoms with van der Waals surface area (Å²) in [4.78, 5) is 3.68. The van der Waals surface area contributed by atoms with Gasteiger partial charge in [0.1, 0.15) is 5.01 Å². The Labute approximate surface area is 101 Å². The van der Waals surface area contributed by atoms with Gasteiger partial charge in [-0.15, -0.1) is 11.3 Å².